The molecule has 0 aliphatic heterocycles. The van der Waals surface area contributed by atoms with Gasteiger partial charge in [0.25, 0.3) is 0 Å². The molecule has 1 aromatic carbocycles. The molecule has 0 heterocycles. The molecule has 0 saturated heterocycles. The van der Waals surface area contributed by atoms with E-state index < -0.39 is 6.10 Å². The van der Waals surface area contributed by atoms with Crippen LogP contribution < -0.4 is 5.32 Å². The van der Waals surface area contributed by atoms with Crippen LogP contribution in [-0.2, 0) is 6.42 Å². The minimum absolute atomic E-state index is 0.293. The second kappa shape index (κ2) is 7.80. The van der Waals surface area contributed by atoms with Crippen molar-refractivity contribution in [1.82, 2.24) is 5.32 Å². The monoisotopic (exact) mass is 277 g/mol. The van der Waals surface area contributed by atoms with Gasteiger partial charge in [-0.3, -0.25) is 0 Å². The molecule has 20 heavy (non-hydrogen) atoms. The van der Waals surface area contributed by atoms with Gasteiger partial charge in [0.1, 0.15) is 0 Å². The summed E-state index contributed by atoms with van der Waals surface area (Å²) < 4.78 is 0. The molecule has 0 radical (unpaired) electrons. The topological polar surface area (TPSA) is 32.3 Å². The van der Waals surface area contributed by atoms with Crippen LogP contribution in [0.2, 0.25) is 0 Å². The number of aliphatic hydroxyl groups excluding tert-OH is 1. The zero-order chi connectivity index (χ0) is 15.2. The predicted molar refractivity (Wildman–Crippen MR) is 86.9 cm³/mol. The lowest BCUT2D eigenvalue weighted by Gasteiger charge is -2.24. The molecule has 0 bridgehead atoms. The predicted octanol–water partition coefficient (Wildman–Crippen LogP) is 3.94. The van der Waals surface area contributed by atoms with Crippen LogP contribution in [0.3, 0.4) is 0 Å². The van der Waals surface area contributed by atoms with Crippen molar-refractivity contribution >= 4 is 0 Å². The zero-order valence-corrected chi connectivity index (χ0v) is 13.7. The fourth-order valence-electron chi connectivity index (χ4n) is 2.14. The lowest BCUT2D eigenvalue weighted by Crippen LogP contribution is -2.31. The Labute approximate surface area is 124 Å². The van der Waals surface area contributed by atoms with Gasteiger partial charge in [-0.25, -0.2) is 0 Å². The fraction of sp³-hybridized carbons (Fsp3) is 0.667. The summed E-state index contributed by atoms with van der Waals surface area (Å²) in [4.78, 5) is 0. The van der Waals surface area contributed by atoms with Crippen LogP contribution in [0.4, 0.5) is 0 Å². The Hall–Kier alpha value is -0.860. The summed E-state index contributed by atoms with van der Waals surface area (Å²) in [6, 6.07) is 8.37. The smallest absolute Gasteiger partial charge is 0.0914 e. The van der Waals surface area contributed by atoms with Crippen molar-refractivity contribution < 1.29 is 5.11 Å². The Morgan fingerprint density at radius 3 is 2.25 bits per heavy atom. The van der Waals surface area contributed by atoms with Crippen molar-refractivity contribution in [1.29, 1.82) is 0 Å². The Bertz CT molecular complexity index is 381. The van der Waals surface area contributed by atoms with Crippen molar-refractivity contribution in [2.24, 2.45) is 11.3 Å². The van der Waals surface area contributed by atoms with Crippen molar-refractivity contribution in [2.75, 3.05) is 13.1 Å². The number of aliphatic hydroxyl groups is 1. The van der Waals surface area contributed by atoms with E-state index in [9.17, 15) is 5.11 Å². The molecule has 0 aliphatic rings. The highest BCUT2D eigenvalue weighted by molar-refractivity contribution is 5.24. The first-order chi connectivity index (χ1) is 9.34. The molecule has 2 N–H and O–H groups in total. The van der Waals surface area contributed by atoms with Crippen LogP contribution in [0.15, 0.2) is 24.3 Å². The van der Waals surface area contributed by atoms with Gasteiger partial charge in [-0.05, 0) is 35.3 Å². The molecule has 0 aromatic heterocycles. The Balaban J connectivity index is 2.45. The van der Waals surface area contributed by atoms with Gasteiger partial charge in [-0.1, -0.05) is 58.9 Å². The maximum atomic E-state index is 10.2. The van der Waals surface area contributed by atoms with Gasteiger partial charge in [0, 0.05) is 13.1 Å². The highest BCUT2D eigenvalue weighted by Crippen LogP contribution is 2.19. The first kappa shape index (κ1) is 17.2. The Kier molecular flexibility index (Phi) is 6.70. The van der Waals surface area contributed by atoms with Gasteiger partial charge < -0.3 is 10.4 Å². The minimum atomic E-state index is -0.421. The first-order valence-electron chi connectivity index (χ1n) is 7.81. The van der Waals surface area contributed by atoms with Crippen LogP contribution in [0, 0.1) is 11.3 Å². The fourth-order valence-corrected chi connectivity index (χ4v) is 2.14. The number of benzene rings is 1. The zero-order valence-electron chi connectivity index (χ0n) is 13.7. The standard InChI is InChI=1S/C18H31NO/c1-6-18(4,5)13-19-12-17(20)16-9-7-15(8-10-16)11-14(2)3/h7-10,14,17,19-20H,6,11-13H2,1-5H3. The van der Waals surface area contributed by atoms with Crippen LogP contribution in [-0.4, -0.2) is 18.2 Å². The number of rotatable bonds is 8. The van der Waals surface area contributed by atoms with Gasteiger partial charge >= 0.3 is 0 Å². The highest BCUT2D eigenvalue weighted by atomic mass is 16.3. The van der Waals surface area contributed by atoms with E-state index in [2.05, 4.69) is 64.2 Å². The summed E-state index contributed by atoms with van der Waals surface area (Å²) in [6.45, 7) is 12.7. The molecular weight excluding hydrogens is 246 g/mol. The van der Waals surface area contributed by atoms with E-state index in [1.54, 1.807) is 0 Å². The third-order valence-corrected chi connectivity index (χ3v) is 3.91. The average Bonchev–Trinajstić information content (AvgIpc) is 2.38. The summed E-state index contributed by atoms with van der Waals surface area (Å²) in [5.74, 6) is 0.670. The molecule has 2 nitrogen and oxygen atoms in total. The van der Waals surface area contributed by atoms with Crippen LogP contribution >= 0.6 is 0 Å². The normalized spacial score (nSPS) is 13.8. The summed E-state index contributed by atoms with van der Waals surface area (Å²) in [5.41, 5.74) is 2.64. The van der Waals surface area contributed by atoms with E-state index in [4.69, 9.17) is 0 Å². The molecule has 2 heteroatoms. The Morgan fingerprint density at radius 2 is 1.75 bits per heavy atom. The largest absolute Gasteiger partial charge is 0.387 e. The van der Waals surface area contributed by atoms with E-state index in [0.717, 1.165) is 24.9 Å². The van der Waals surface area contributed by atoms with Crippen molar-refractivity contribution in [3.8, 4) is 0 Å². The van der Waals surface area contributed by atoms with Crippen molar-refractivity contribution in [3.63, 3.8) is 0 Å². The number of hydrogen-bond acceptors (Lipinski definition) is 2. The molecular formula is C18H31NO. The van der Waals surface area contributed by atoms with E-state index in [-0.39, 0.29) is 0 Å². The molecule has 1 aromatic rings. The minimum Gasteiger partial charge on any atom is -0.387 e. The van der Waals surface area contributed by atoms with Crippen molar-refractivity contribution in [2.45, 2.75) is 53.6 Å². The van der Waals surface area contributed by atoms with E-state index in [1.807, 2.05) is 0 Å². The van der Waals surface area contributed by atoms with E-state index >= 15 is 0 Å². The molecule has 114 valence electrons. The first-order valence-corrected chi connectivity index (χ1v) is 7.81. The number of hydrogen-bond donors (Lipinski definition) is 2. The third kappa shape index (κ3) is 6.06. The molecule has 1 rings (SSSR count). The maximum absolute atomic E-state index is 10.2. The molecule has 0 saturated carbocycles. The molecule has 0 spiro atoms. The molecule has 1 atom stereocenters. The maximum Gasteiger partial charge on any atom is 0.0914 e. The summed E-state index contributed by atoms with van der Waals surface area (Å²) in [7, 11) is 0. The molecule has 0 aliphatic carbocycles. The highest BCUT2D eigenvalue weighted by Gasteiger charge is 2.15. The van der Waals surface area contributed by atoms with Gasteiger partial charge in [0.05, 0.1) is 6.10 Å². The third-order valence-electron chi connectivity index (χ3n) is 3.91. The lowest BCUT2D eigenvalue weighted by atomic mass is 9.90. The van der Waals surface area contributed by atoms with E-state index in [1.165, 1.54) is 5.56 Å². The molecule has 1 unspecified atom stereocenters. The summed E-state index contributed by atoms with van der Waals surface area (Å²) in [6.07, 6.45) is 1.81. The van der Waals surface area contributed by atoms with Gasteiger partial charge in [0.15, 0.2) is 0 Å². The van der Waals surface area contributed by atoms with Crippen molar-refractivity contribution in [3.05, 3.63) is 35.4 Å². The SMILES string of the molecule is CCC(C)(C)CNCC(O)c1ccc(CC(C)C)cc1. The Morgan fingerprint density at radius 1 is 1.15 bits per heavy atom. The quantitative estimate of drug-likeness (QED) is 0.754. The second-order valence-electron chi connectivity index (χ2n) is 7.00. The summed E-state index contributed by atoms with van der Waals surface area (Å²) >= 11 is 0. The van der Waals surface area contributed by atoms with Crippen LogP contribution in [0.25, 0.3) is 0 Å². The lowest BCUT2D eigenvalue weighted by molar-refractivity contribution is 0.168. The van der Waals surface area contributed by atoms with Gasteiger partial charge in [-0.15, -0.1) is 0 Å². The van der Waals surface area contributed by atoms with Crippen LogP contribution in [0.1, 0.15) is 58.3 Å². The average molecular weight is 277 g/mol. The van der Waals surface area contributed by atoms with Crippen LogP contribution in [0.5, 0.6) is 0 Å². The van der Waals surface area contributed by atoms with Gasteiger partial charge in [-0.2, -0.15) is 0 Å². The van der Waals surface area contributed by atoms with E-state index in [0.29, 0.717) is 17.9 Å². The molecule has 0 amide bonds. The molecule has 0 fully saturated rings. The number of nitrogens with one attached hydrogen (secondary N) is 1. The van der Waals surface area contributed by atoms with Gasteiger partial charge in [0.2, 0.25) is 0 Å². The second-order valence-corrected chi connectivity index (χ2v) is 7.00. The summed E-state index contributed by atoms with van der Waals surface area (Å²) in [5, 5.41) is 13.6.